The molecule has 0 aliphatic carbocycles. The molecule has 2 N–H and O–H groups in total. The van der Waals surface area contributed by atoms with Gasteiger partial charge in [-0.05, 0) is 26.2 Å². The number of ether oxygens (including phenoxy) is 1. The summed E-state index contributed by atoms with van der Waals surface area (Å²) >= 11 is 0. The molecule has 0 aromatic carbocycles. The zero-order chi connectivity index (χ0) is 15.4. The Morgan fingerprint density at radius 2 is 2.00 bits per heavy atom. The van der Waals surface area contributed by atoms with Gasteiger partial charge in [-0.3, -0.25) is 4.79 Å². The molecular weight excluding hydrogens is 284 g/mol. The van der Waals surface area contributed by atoms with Crippen molar-refractivity contribution in [2.45, 2.75) is 38.6 Å². The first kappa shape index (κ1) is 17.4. The monoisotopic (exact) mass is 308 g/mol. The third kappa shape index (κ3) is 4.15. The highest BCUT2D eigenvalue weighted by Crippen LogP contribution is 2.21. The molecule has 1 saturated heterocycles. The number of hydrogen-bond acceptors (Lipinski definition) is 5. The van der Waals surface area contributed by atoms with Crippen LogP contribution in [0.5, 0.6) is 0 Å². The number of carbonyl (C=O) groups is 1. The second-order valence-corrected chi connectivity index (χ2v) is 7.05. The van der Waals surface area contributed by atoms with E-state index in [2.05, 4.69) is 9.46 Å². The Hall–Kier alpha value is -0.700. The third-order valence-electron chi connectivity index (χ3n) is 3.83. The summed E-state index contributed by atoms with van der Waals surface area (Å²) in [4.78, 5) is 11.4. The van der Waals surface area contributed by atoms with E-state index in [4.69, 9.17) is 0 Å². The van der Waals surface area contributed by atoms with E-state index in [0.717, 1.165) is 0 Å². The van der Waals surface area contributed by atoms with Crippen LogP contribution in [0, 0.1) is 5.92 Å². The van der Waals surface area contributed by atoms with Crippen LogP contribution in [0.25, 0.3) is 0 Å². The maximum absolute atomic E-state index is 12.3. The Kier molecular flexibility index (Phi) is 5.93. The zero-order valence-corrected chi connectivity index (χ0v) is 13.1. The van der Waals surface area contributed by atoms with Crippen molar-refractivity contribution in [1.29, 1.82) is 0 Å². The standard InChI is InChI=1S/C12H24N2O5S/c1-4-12(2,9-15)13-20(17,18)14-7-5-10(6-8-14)11(16)19-3/h10,13,15H,4-9H2,1-3H3. The van der Waals surface area contributed by atoms with E-state index in [9.17, 15) is 18.3 Å². The van der Waals surface area contributed by atoms with Gasteiger partial charge >= 0.3 is 5.97 Å². The molecule has 1 fully saturated rings. The SMILES string of the molecule is CCC(C)(CO)NS(=O)(=O)N1CCC(C(=O)OC)CC1. The Morgan fingerprint density at radius 1 is 1.45 bits per heavy atom. The van der Waals surface area contributed by atoms with Crippen LogP contribution in [-0.4, -0.2) is 56.1 Å². The summed E-state index contributed by atoms with van der Waals surface area (Å²) in [5.41, 5.74) is -0.863. The van der Waals surface area contributed by atoms with Gasteiger partial charge in [0.2, 0.25) is 0 Å². The number of carbonyl (C=O) groups excluding carboxylic acids is 1. The Morgan fingerprint density at radius 3 is 2.40 bits per heavy atom. The second-order valence-electron chi connectivity index (χ2n) is 5.38. The summed E-state index contributed by atoms with van der Waals surface area (Å²) in [6.45, 7) is 3.76. The lowest BCUT2D eigenvalue weighted by Crippen LogP contribution is -2.55. The molecule has 1 unspecified atom stereocenters. The van der Waals surface area contributed by atoms with Gasteiger partial charge in [-0.15, -0.1) is 0 Å². The summed E-state index contributed by atoms with van der Waals surface area (Å²) in [5, 5.41) is 9.29. The summed E-state index contributed by atoms with van der Waals surface area (Å²) in [7, 11) is -2.32. The average molecular weight is 308 g/mol. The number of aliphatic hydroxyl groups excluding tert-OH is 1. The lowest BCUT2D eigenvalue weighted by molar-refractivity contribution is -0.146. The lowest BCUT2D eigenvalue weighted by atomic mass is 9.99. The molecule has 0 aromatic rings. The molecule has 0 saturated carbocycles. The fourth-order valence-electron chi connectivity index (χ4n) is 2.09. The summed E-state index contributed by atoms with van der Waals surface area (Å²) in [6, 6.07) is 0. The van der Waals surface area contributed by atoms with Crippen LogP contribution < -0.4 is 4.72 Å². The first-order valence-corrected chi connectivity index (χ1v) is 8.19. The predicted octanol–water partition coefficient (Wildman–Crippen LogP) is -0.133. The number of methoxy groups -OCH3 is 1. The molecule has 0 amide bonds. The smallest absolute Gasteiger partial charge is 0.308 e. The molecule has 1 heterocycles. The molecule has 0 aromatic heterocycles. The number of aliphatic hydroxyl groups is 1. The van der Waals surface area contributed by atoms with Gasteiger partial charge in [0.05, 0.1) is 25.2 Å². The van der Waals surface area contributed by atoms with E-state index in [1.807, 2.05) is 6.92 Å². The van der Waals surface area contributed by atoms with Crippen molar-refractivity contribution < 1.29 is 23.1 Å². The van der Waals surface area contributed by atoms with Crippen molar-refractivity contribution >= 4 is 16.2 Å². The van der Waals surface area contributed by atoms with Gasteiger partial charge in [-0.2, -0.15) is 17.4 Å². The first-order chi connectivity index (χ1) is 9.28. The van der Waals surface area contributed by atoms with Crippen molar-refractivity contribution in [1.82, 2.24) is 9.03 Å². The molecule has 1 aliphatic rings. The van der Waals surface area contributed by atoms with Crippen molar-refractivity contribution in [2.24, 2.45) is 5.92 Å². The molecule has 118 valence electrons. The van der Waals surface area contributed by atoms with Gasteiger partial charge in [0.15, 0.2) is 0 Å². The quantitative estimate of drug-likeness (QED) is 0.666. The van der Waals surface area contributed by atoms with E-state index in [1.165, 1.54) is 11.4 Å². The van der Waals surface area contributed by atoms with E-state index < -0.39 is 15.7 Å². The van der Waals surface area contributed by atoms with Crippen molar-refractivity contribution in [3.8, 4) is 0 Å². The number of nitrogens with one attached hydrogen (secondary N) is 1. The second kappa shape index (κ2) is 6.84. The number of nitrogens with zero attached hydrogens (tertiary/aromatic N) is 1. The van der Waals surface area contributed by atoms with Gasteiger partial charge in [-0.1, -0.05) is 6.92 Å². The predicted molar refractivity (Wildman–Crippen MR) is 74.2 cm³/mol. The van der Waals surface area contributed by atoms with Crippen LogP contribution >= 0.6 is 0 Å². The van der Waals surface area contributed by atoms with Gasteiger partial charge < -0.3 is 9.84 Å². The van der Waals surface area contributed by atoms with E-state index in [1.54, 1.807) is 6.92 Å². The van der Waals surface area contributed by atoms with Crippen molar-refractivity contribution in [3.05, 3.63) is 0 Å². The van der Waals surface area contributed by atoms with Gasteiger partial charge in [0.1, 0.15) is 0 Å². The van der Waals surface area contributed by atoms with Crippen LogP contribution in [-0.2, 0) is 19.7 Å². The molecule has 20 heavy (non-hydrogen) atoms. The molecule has 0 radical (unpaired) electrons. The molecule has 7 nitrogen and oxygen atoms in total. The number of rotatable bonds is 6. The van der Waals surface area contributed by atoms with E-state index >= 15 is 0 Å². The Balaban J connectivity index is 2.66. The van der Waals surface area contributed by atoms with Crippen molar-refractivity contribution in [2.75, 3.05) is 26.8 Å². The van der Waals surface area contributed by atoms with Crippen LogP contribution in [0.15, 0.2) is 0 Å². The number of hydrogen-bond donors (Lipinski definition) is 2. The Labute approximate surface area is 120 Å². The fourth-order valence-corrected chi connectivity index (χ4v) is 3.74. The number of piperidine rings is 1. The number of esters is 1. The minimum atomic E-state index is -3.65. The molecule has 1 aliphatic heterocycles. The highest BCUT2D eigenvalue weighted by atomic mass is 32.2. The van der Waals surface area contributed by atoms with Crippen LogP contribution in [0.3, 0.4) is 0 Å². The Bertz CT molecular complexity index is 425. The first-order valence-electron chi connectivity index (χ1n) is 6.75. The van der Waals surface area contributed by atoms with Crippen LogP contribution in [0.4, 0.5) is 0 Å². The summed E-state index contributed by atoms with van der Waals surface area (Å²) < 4.78 is 33.0. The molecule has 8 heteroatoms. The summed E-state index contributed by atoms with van der Waals surface area (Å²) in [6.07, 6.45) is 1.40. The third-order valence-corrected chi connectivity index (χ3v) is 5.63. The average Bonchev–Trinajstić information content (AvgIpc) is 2.46. The highest BCUT2D eigenvalue weighted by molar-refractivity contribution is 7.87. The molecular formula is C12H24N2O5S. The van der Waals surface area contributed by atoms with E-state index in [0.29, 0.717) is 19.3 Å². The molecule has 0 bridgehead atoms. The maximum Gasteiger partial charge on any atom is 0.308 e. The normalized spacial score (nSPS) is 21.4. The minimum Gasteiger partial charge on any atom is -0.469 e. The topological polar surface area (TPSA) is 95.9 Å². The van der Waals surface area contributed by atoms with Gasteiger partial charge in [-0.25, -0.2) is 0 Å². The largest absolute Gasteiger partial charge is 0.469 e. The van der Waals surface area contributed by atoms with Gasteiger partial charge in [0, 0.05) is 13.1 Å². The fraction of sp³-hybridized carbons (Fsp3) is 0.917. The van der Waals surface area contributed by atoms with Crippen molar-refractivity contribution in [3.63, 3.8) is 0 Å². The molecule has 1 rings (SSSR count). The molecule has 0 spiro atoms. The highest BCUT2D eigenvalue weighted by Gasteiger charge is 2.35. The molecule has 1 atom stereocenters. The minimum absolute atomic E-state index is 0.234. The van der Waals surface area contributed by atoms with Gasteiger partial charge in [0.25, 0.3) is 10.2 Å². The lowest BCUT2D eigenvalue weighted by Gasteiger charge is -2.34. The van der Waals surface area contributed by atoms with Crippen LogP contribution in [0.1, 0.15) is 33.1 Å². The summed E-state index contributed by atoms with van der Waals surface area (Å²) in [5.74, 6) is -0.523. The van der Waals surface area contributed by atoms with E-state index in [-0.39, 0.29) is 31.6 Å². The zero-order valence-electron chi connectivity index (χ0n) is 12.3. The van der Waals surface area contributed by atoms with Crippen LogP contribution in [0.2, 0.25) is 0 Å². The maximum atomic E-state index is 12.3.